The van der Waals surface area contributed by atoms with Crippen LogP contribution in [-0.4, -0.2) is 25.4 Å². The van der Waals surface area contributed by atoms with E-state index < -0.39 is 8.07 Å². The Morgan fingerprint density at radius 1 is 0.793 bits per heavy atom. The maximum absolute atomic E-state index is 11.3. The van der Waals surface area contributed by atoms with E-state index in [4.69, 9.17) is 4.99 Å². The molecule has 1 aliphatic rings. The molecule has 0 spiro atoms. The van der Waals surface area contributed by atoms with Gasteiger partial charge in [-0.15, -0.1) is 0 Å². The maximum atomic E-state index is 11.3. The van der Waals surface area contributed by atoms with Gasteiger partial charge in [0.2, 0.25) is 0 Å². The third-order valence-corrected chi connectivity index (χ3v) is 10.8. The van der Waals surface area contributed by atoms with Gasteiger partial charge in [0.25, 0.3) is 0 Å². The molecule has 0 aliphatic heterocycles. The van der Waals surface area contributed by atoms with Gasteiger partial charge in [-0.05, 0) is 34.5 Å². The number of phenolic OH excluding ortho intramolecular Hbond substituents is 1. The zero-order valence-electron chi connectivity index (χ0n) is 17.1. The van der Waals surface area contributed by atoms with E-state index >= 15 is 0 Å². The molecule has 1 fully saturated rings. The highest BCUT2D eigenvalue weighted by atomic mass is 28.3. The van der Waals surface area contributed by atoms with Crippen LogP contribution in [0.4, 0.5) is 0 Å². The molecule has 148 valence electrons. The molecule has 0 bridgehead atoms. The molecule has 0 aromatic heterocycles. The van der Waals surface area contributed by atoms with Crippen LogP contribution in [0.2, 0.25) is 6.55 Å². The Morgan fingerprint density at radius 2 is 1.38 bits per heavy atom. The SMILES string of the molecule is C[Si](c1ccccc1)(c1ccccc1)c1cccc(C=NC2CCCCC2)c1O. The Balaban J connectivity index is 1.79. The molecule has 2 nitrogen and oxygen atoms in total. The second-order valence-electron chi connectivity index (χ2n) is 8.17. The van der Waals surface area contributed by atoms with Gasteiger partial charge in [0, 0.05) is 17.8 Å². The third kappa shape index (κ3) is 4.06. The molecular formula is C26H29NOSi. The standard InChI is InChI=1S/C26H29NOSi/c1-29(23-15-7-3-8-16-23,24-17-9-4-10-18-24)25-19-11-12-21(26(25)28)20-27-22-13-5-2-6-14-22/h3-4,7-12,15-20,22,28H,2,5-6,13-14H2,1H3. The van der Waals surface area contributed by atoms with Gasteiger partial charge in [0.15, 0.2) is 0 Å². The minimum atomic E-state index is -2.33. The second kappa shape index (κ2) is 8.79. The first-order valence-electron chi connectivity index (χ1n) is 10.7. The lowest BCUT2D eigenvalue weighted by atomic mass is 9.96. The Bertz CT molecular complexity index is 923. The summed E-state index contributed by atoms with van der Waals surface area (Å²) in [4.78, 5) is 4.81. The first-order chi connectivity index (χ1) is 14.2. The maximum Gasteiger partial charge on any atom is 0.150 e. The van der Waals surface area contributed by atoms with Crippen LogP contribution in [0.5, 0.6) is 5.75 Å². The lowest BCUT2D eigenvalue weighted by Gasteiger charge is -2.30. The summed E-state index contributed by atoms with van der Waals surface area (Å²) in [6.45, 7) is 2.33. The van der Waals surface area contributed by atoms with Crippen LogP contribution in [-0.2, 0) is 0 Å². The molecule has 0 amide bonds. The van der Waals surface area contributed by atoms with Crippen molar-refractivity contribution in [3.63, 3.8) is 0 Å². The first kappa shape index (κ1) is 19.7. The van der Waals surface area contributed by atoms with E-state index in [1.165, 1.54) is 29.6 Å². The van der Waals surface area contributed by atoms with E-state index in [1.807, 2.05) is 12.3 Å². The molecule has 3 aromatic rings. The van der Waals surface area contributed by atoms with Gasteiger partial charge in [-0.3, -0.25) is 4.99 Å². The zero-order valence-corrected chi connectivity index (χ0v) is 18.1. The van der Waals surface area contributed by atoms with E-state index in [9.17, 15) is 5.11 Å². The van der Waals surface area contributed by atoms with Crippen molar-refractivity contribution in [3.05, 3.63) is 84.4 Å². The first-order valence-corrected chi connectivity index (χ1v) is 13.2. The van der Waals surface area contributed by atoms with Gasteiger partial charge in [-0.2, -0.15) is 0 Å². The monoisotopic (exact) mass is 399 g/mol. The average Bonchev–Trinajstić information content (AvgIpc) is 2.80. The molecule has 0 radical (unpaired) electrons. The molecule has 0 unspecified atom stereocenters. The lowest BCUT2D eigenvalue weighted by Crippen LogP contribution is -2.64. The van der Waals surface area contributed by atoms with Crippen LogP contribution in [0.25, 0.3) is 0 Å². The van der Waals surface area contributed by atoms with Crippen LogP contribution in [0.3, 0.4) is 0 Å². The number of phenols is 1. The van der Waals surface area contributed by atoms with Crippen molar-refractivity contribution in [1.82, 2.24) is 0 Å². The van der Waals surface area contributed by atoms with Crippen molar-refractivity contribution in [2.75, 3.05) is 0 Å². The number of para-hydroxylation sites is 1. The van der Waals surface area contributed by atoms with E-state index in [-0.39, 0.29) is 0 Å². The third-order valence-electron chi connectivity index (χ3n) is 6.31. The highest BCUT2D eigenvalue weighted by Crippen LogP contribution is 2.22. The molecule has 3 heteroatoms. The number of nitrogens with zero attached hydrogens (tertiary/aromatic N) is 1. The van der Waals surface area contributed by atoms with E-state index in [0.29, 0.717) is 11.8 Å². The van der Waals surface area contributed by atoms with Crippen LogP contribution in [0.15, 0.2) is 83.9 Å². The van der Waals surface area contributed by atoms with Crippen LogP contribution in [0.1, 0.15) is 37.7 Å². The highest BCUT2D eigenvalue weighted by molar-refractivity contribution is 7.11. The summed E-state index contributed by atoms with van der Waals surface area (Å²) < 4.78 is 0. The van der Waals surface area contributed by atoms with Crippen molar-refractivity contribution in [2.45, 2.75) is 44.7 Å². The Hall–Kier alpha value is -2.65. The highest BCUT2D eigenvalue weighted by Gasteiger charge is 2.36. The van der Waals surface area contributed by atoms with Crippen molar-refractivity contribution >= 4 is 29.8 Å². The minimum absolute atomic E-state index is 0.383. The summed E-state index contributed by atoms with van der Waals surface area (Å²) in [5.74, 6) is 0.383. The summed E-state index contributed by atoms with van der Waals surface area (Å²) in [6, 6.07) is 27.8. The number of hydrogen-bond donors (Lipinski definition) is 1. The Kier molecular flexibility index (Phi) is 5.96. The van der Waals surface area contributed by atoms with Crippen LogP contribution < -0.4 is 15.6 Å². The molecular weight excluding hydrogens is 370 g/mol. The molecule has 1 N–H and O–H groups in total. The minimum Gasteiger partial charge on any atom is -0.507 e. The fraction of sp³-hybridized carbons (Fsp3) is 0.269. The largest absolute Gasteiger partial charge is 0.507 e. The number of aromatic hydroxyl groups is 1. The zero-order chi connectivity index (χ0) is 20.1. The van der Waals surface area contributed by atoms with Crippen molar-refractivity contribution < 1.29 is 5.11 Å². The van der Waals surface area contributed by atoms with Crippen molar-refractivity contribution in [1.29, 1.82) is 0 Å². The van der Waals surface area contributed by atoms with Gasteiger partial charge in [0.05, 0.1) is 0 Å². The van der Waals surface area contributed by atoms with E-state index in [2.05, 4.69) is 79.3 Å². The molecule has 29 heavy (non-hydrogen) atoms. The number of hydrogen-bond acceptors (Lipinski definition) is 2. The Morgan fingerprint density at radius 3 is 1.97 bits per heavy atom. The molecule has 0 saturated heterocycles. The molecule has 1 saturated carbocycles. The average molecular weight is 400 g/mol. The number of benzene rings is 3. The van der Waals surface area contributed by atoms with Gasteiger partial charge in [-0.25, -0.2) is 0 Å². The summed E-state index contributed by atoms with van der Waals surface area (Å²) in [7, 11) is -2.33. The predicted molar refractivity (Wildman–Crippen MR) is 126 cm³/mol. The summed E-state index contributed by atoms with van der Waals surface area (Å²) in [5, 5.41) is 15.0. The fourth-order valence-corrected chi connectivity index (χ4v) is 8.23. The molecule has 4 rings (SSSR count). The van der Waals surface area contributed by atoms with E-state index in [1.54, 1.807) is 0 Å². The topological polar surface area (TPSA) is 32.6 Å². The van der Waals surface area contributed by atoms with Gasteiger partial charge in [0.1, 0.15) is 13.8 Å². The van der Waals surface area contributed by atoms with Crippen LogP contribution in [0, 0.1) is 0 Å². The van der Waals surface area contributed by atoms with Gasteiger partial charge in [-0.1, -0.05) is 98.6 Å². The normalized spacial score (nSPS) is 15.6. The number of rotatable bonds is 5. The summed E-state index contributed by atoms with van der Waals surface area (Å²) in [5.41, 5.74) is 0.832. The lowest BCUT2D eigenvalue weighted by molar-refractivity contribution is 0.444. The molecule has 3 aromatic carbocycles. The van der Waals surface area contributed by atoms with Crippen LogP contribution >= 0.6 is 0 Å². The van der Waals surface area contributed by atoms with Crippen molar-refractivity contribution in [2.24, 2.45) is 4.99 Å². The van der Waals surface area contributed by atoms with Gasteiger partial charge < -0.3 is 5.11 Å². The quantitative estimate of drug-likeness (QED) is 0.388. The summed E-state index contributed by atoms with van der Waals surface area (Å²) >= 11 is 0. The Labute approximate surface area is 175 Å². The molecule has 0 heterocycles. The van der Waals surface area contributed by atoms with Gasteiger partial charge >= 0.3 is 0 Å². The van der Waals surface area contributed by atoms with Crippen molar-refractivity contribution in [3.8, 4) is 5.75 Å². The molecule has 1 aliphatic carbocycles. The second-order valence-corrected chi connectivity index (χ2v) is 12.1. The molecule has 0 atom stereocenters. The van der Waals surface area contributed by atoms with E-state index in [0.717, 1.165) is 23.6 Å². The summed E-state index contributed by atoms with van der Waals surface area (Å²) in [6.07, 6.45) is 8.08. The fourth-order valence-electron chi connectivity index (χ4n) is 4.51. The predicted octanol–water partition coefficient (Wildman–Crippen LogP) is 4.24. The number of aliphatic imine (C=N–C) groups is 1. The smallest absolute Gasteiger partial charge is 0.150 e.